The van der Waals surface area contributed by atoms with E-state index in [1.54, 1.807) is 0 Å². The third kappa shape index (κ3) is 25.9. The lowest BCUT2D eigenvalue weighted by Gasteiger charge is -2.18. The van der Waals surface area contributed by atoms with Crippen molar-refractivity contribution in [2.45, 2.75) is 38.1 Å². The molecule has 0 saturated carbocycles. The second kappa shape index (κ2) is 28.8. The summed E-state index contributed by atoms with van der Waals surface area (Å²) in [5.74, 6) is 1.56. The molecule has 0 fully saturated rings. The average Bonchev–Trinajstić information content (AvgIpc) is 2.93. The SMILES string of the molecule is C#CCNC(=O)[C@H](CCCCCC(=O)COCCOCCOCCN)NC(=O)COCCOCCOCCN. The number of rotatable bonds is 29. The summed E-state index contributed by atoms with van der Waals surface area (Å²) in [4.78, 5) is 36.6. The molecule has 0 aliphatic heterocycles. The number of hydrogen-bond acceptors (Lipinski definition) is 11. The van der Waals surface area contributed by atoms with Gasteiger partial charge in [0, 0.05) is 19.5 Å². The molecule has 0 bridgehead atoms. The maximum absolute atomic E-state index is 12.4. The monoisotopic (exact) mass is 560 g/mol. The molecule has 0 aromatic rings. The van der Waals surface area contributed by atoms with Crippen LogP contribution in [0.4, 0.5) is 0 Å². The molecule has 0 radical (unpaired) electrons. The number of nitrogens with two attached hydrogens (primary N) is 2. The predicted octanol–water partition coefficient (Wildman–Crippen LogP) is -1.24. The number of hydrogen-bond donors (Lipinski definition) is 4. The Hall–Kier alpha value is -2.15. The van der Waals surface area contributed by atoms with Crippen LogP contribution in [0, 0.1) is 12.3 Å². The van der Waals surface area contributed by atoms with E-state index < -0.39 is 11.9 Å². The fraction of sp³-hybridized carbons (Fsp3) is 0.808. The van der Waals surface area contributed by atoms with Crippen LogP contribution in [0.1, 0.15) is 32.1 Å². The molecule has 0 spiro atoms. The third-order valence-corrected chi connectivity index (χ3v) is 4.97. The van der Waals surface area contributed by atoms with E-state index in [4.69, 9.17) is 46.3 Å². The summed E-state index contributed by atoms with van der Waals surface area (Å²) in [5, 5.41) is 5.27. The van der Waals surface area contributed by atoms with Gasteiger partial charge in [0.05, 0.1) is 72.6 Å². The number of carbonyl (C=O) groups is 3. The van der Waals surface area contributed by atoms with E-state index in [2.05, 4.69) is 16.6 Å². The van der Waals surface area contributed by atoms with Gasteiger partial charge >= 0.3 is 0 Å². The van der Waals surface area contributed by atoms with E-state index in [0.29, 0.717) is 98.2 Å². The number of carbonyl (C=O) groups excluding carboxylic acids is 3. The van der Waals surface area contributed by atoms with Crippen LogP contribution in [-0.4, -0.2) is 123 Å². The lowest BCUT2D eigenvalue weighted by atomic mass is 10.1. The Kier molecular flexibility index (Phi) is 27.3. The van der Waals surface area contributed by atoms with Crippen molar-refractivity contribution in [2.24, 2.45) is 11.5 Å². The second-order valence-electron chi connectivity index (χ2n) is 8.31. The van der Waals surface area contributed by atoms with Gasteiger partial charge in [-0.15, -0.1) is 6.42 Å². The van der Waals surface area contributed by atoms with Gasteiger partial charge in [0.15, 0.2) is 5.78 Å². The molecule has 0 heterocycles. The highest BCUT2D eigenvalue weighted by molar-refractivity contribution is 5.88. The van der Waals surface area contributed by atoms with Crippen molar-refractivity contribution >= 4 is 17.6 Å². The van der Waals surface area contributed by atoms with Crippen molar-refractivity contribution in [2.75, 3.05) is 98.9 Å². The summed E-state index contributed by atoms with van der Waals surface area (Å²) in [6, 6.07) is -0.745. The van der Waals surface area contributed by atoms with E-state index in [0.717, 1.165) is 6.42 Å². The highest BCUT2D eigenvalue weighted by Gasteiger charge is 2.20. The minimum Gasteiger partial charge on any atom is -0.378 e. The molecule has 39 heavy (non-hydrogen) atoms. The standard InChI is InChI=1S/C26H48N4O9/c1-2-10-29-26(33)24(30-25(32)22-39-20-18-37-16-14-35-12-9-28)7-5-3-4-6-23(31)21-38-19-17-36-15-13-34-11-8-27/h1,24H,3-22,27-28H2,(H,29,33)(H,30,32)/t24-/m0/s1. The molecule has 0 unspecified atom stereocenters. The first-order chi connectivity index (χ1) is 19.0. The predicted molar refractivity (Wildman–Crippen MR) is 145 cm³/mol. The number of ketones is 1. The Morgan fingerprint density at radius 2 is 1.21 bits per heavy atom. The van der Waals surface area contributed by atoms with Crippen LogP contribution >= 0.6 is 0 Å². The van der Waals surface area contributed by atoms with Crippen molar-refractivity contribution < 1.29 is 42.8 Å². The number of nitrogens with one attached hydrogen (secondary N) is 2. The van der Waals surface area contributed by atoms with E-state index in [1.807, 2.05) is 0 Å². The highest BCUT2D eigenvalue weighted by Crippen LogP contribution is 2.07. The first-order valence-corrected chi connectivity index (χ1v) is 13.4. The molecule has 0 aliphatic rings. The third-order valence-electron chi connectivity index (χ3n) is 4.97. The summed E-state index contributed by atoms with van der Waals surface area (Å²) in [5.41, 5.74) is 10.6. The highest BCUT2D eigenvalue weighted by atomic mass is 16.5. The van der Waals surface area contributed by atoms with Gasteiger partial charge < -0.3 is 50.5 Å². The van der Waals surface area contributed by atoms with Crippen molar-refractivity contribution in [3.63, 3.8) is 0 Å². The molecule has 0 aromatic carbocycles. The van der Waals surface area contributed by atoms with Gasteiger partial charge in [0.25, 0.3) is 0 Å². The van der Waals surface area contributed by atoms with Gasteiger partial charge in [-0.25, -0.2) is 0 Å². The molecule has 0 aliphatic carbocycles. The van der Waals surface area contributed by atoms with Crippen LogP contribution in [-0.2, 0) is 42.8 Å². The van der Waals surface area contributed by atoms with Gasteiger partial charge in [-0.2, -0.15) is 0 Å². The Labute approximate surface area is 232 Å². The minimum atomic E-state index is -0.745. The number of unbranched alkanes of at least 4 members (excludes halogenated alkanes) is 2. The van der Waals surface area contributed by atoms with Gasteiger partial charge in [0.1, 0.15) is 19.3 Å². The fourth-order valence-electron chi connectivity index (χ4n) is 3.08. The molecule has 13 heteroatoms. The summed E-state index contributed by atoms with van der Waals surface area (Å²) < 4.78 is 31.6. The van der Waals surface area contributed by atoms with Crippen molar-refractivity contribution in [3.05, 3.63) is 0 Å². The molecule has 13 nitrogen and oxygen atoms in total. The maximum atomic E-state index is 12.4. The van der Waals surface area contributed by atoms with Crippen LogP contribution in [0.3, 0.4) is 0 Å². The Morgan fingerprint density at radius 1 is 0.692 bits per heavy atom. The Morgan fingerprint density at radius 3 is 1.74 bits per heavy atom. The zero-order valence-corrected chi connectivity index (χ0v) is 23.1. The smallest absolute Gasteiger partial charge is 0.246 e. The Bertz CT molecular complexity index is 662. The van der Waals surface area contributed by atoms with Crippen molar-refractivity contribution in [3.8, 4) is 12.3 Å². The maximum Gasteiger partial charge on any atom is 0.246 e. The average molecular weight is 561 g/mol. The summed E-state index contributed by atoms with van der Waals surface area (Å²) in [6.45, 7) is 4.85. The zero-order chi connectivity index (χ0) is 28.8. The van der Waals surface area contributed by atoms with Crippen molar-refractivity contribution in [1.29, 1.82) is 0 Å². The van der Waals surface area contributed by atoms with Crippen LogP contribution in [0.25, 0.3) is 0 Å². The van der Waals surface area contributed by atoms with E-state index in [1.165, 1.54) is 0 Å². The van der Waals surface area contributed by atoms with Crippen LogP contribution in [0.2, 0.25) is 0 Å². The van der Waals surface area contributed by atoms with Gasteiger partial charge in [-0.3, -0.25) is 14.4 Å². The normalized spacial score (nSPS) is 11.6. The van der Waals surface area contributed by atoms with E-state index in [9.17, 15) is 14.4 Å². The summed E-state index contributed by atoms with van der Waals surface area (Å²) in [6.07, 6.45) is 8.01. The van der Waals surface area contributed by atoms with Crippen molar-refractivity contribution in [1.82, 2.24) is 10.6 Å². The second-order valence-corrected chi connectivity index (χ2v) is 8.31. The largest absolute Gasteiger partial charge is 0.378 e. The number of ether oxygens (including phenoxy) is 6. The van der Waals surface area contributed by atoms with Crippen LogP contribution in [0.5, 0.6) is 0 Å². The topological polar surface area (TPSA) is 183 Å². The molecule has 1 atom stereocenters. The van der Waals surface area contributed by atoms with E-state index in [-0.39, 0.29) is 38.1 Å². The zero-order valence-electron chi connectivity index (χ0n) is 23.1. The van der Waals surface area contributed by atoms with Gasteiger partial charge in [0.2, 0.25) is 11.8 Å². The summed E-state index contributed by atoms with van der Waals surface area (Å²) in [7, 11) is 0. The molecule has 226 valence electrons. The first-order valence-electron chi connectivity index (χ1n) is 13.4. The molecule has 2 amide bonds. The summed E-state index contributed by atoms with van der Waals surface area (Å²) >= 11 is 0. The molecular formula is C26H48N4O9. The molecule has 0 saturated heterocycles. The van der Waals surface area contributed by atoms with Crippen LogP contribution in [0.15, 0.2) is 0 Å². The Balaban J connectivity index is 4.01. The van der Waals surface area contributed by atoms with Gasteiger partial charge in [-0.1, -0.05) is 18.8 Å². The quantitative estimate of drug-likeness (QED) is 0.0634. The first kappa shape index (κ1) is 36.8. The minimum absolute atomic E-state index is 0.00195. The number of terminal acetylenes is 1. The lowest BCUT2D eigenvalue weighted by Crippen LogP contribution is -2.47. The molecule has 6 N–H and O–H groups in total. The molecule has 0 rings (SSSR count). The molecule has 0 aromatic heterocycles. The molecular weight excluding hydrogens is 512 g/mol. The number of amides is 2. The van der Waals surface area contributed by atoms with Crippen LogP contribution < -0.4 is 22.1 Å². The number of Topliss-reactive ketones (excluding diaryl/α,β-unsaturated/α-hetero) is 1. The lowest BCUT2D eigenvalue weighted by molar-refractivity contribution is -0.132. The fourth-order valence-corrected chi connectivity index (χ4v) is 3.08. The van der Waals surface area contributed by atoms with Gasteiger partial charge in [-0.05, 0) is 12.8 Å². The van der Waals surface area contributed by atoms with E-state index >= 15 is 0 Å².